The molecule has 0 aliphatic carbocycles. The summed E-state index contributed by atoms with van der Waals surface area (Å²) in [5.74, 6) is -0.419. The van der Waals surface area contributed by atoms with Crippen LogP contribution in [-0.2, 0) is 11.3 Å². The van der Waals surface area contributed by atoms with Crippen molar-refractivity contribution in [2.24, 2.45) is 0 Å². The summed E-state index contributed by atoms with van der Waals surface area (Å²) in [5, 5.41) is 1.87. The van der Waals surface area contributed by atoms with Crippen molar-refractivity contribution in [2.45, 2.75) is 27.3 Å². The topological polar surface area (TPSA) is 46.5 Å². The van der Waals surface area contributed by atoms with Gasteiger partial charge in [-0.25, -0.2) is 9.40 Å². The first-order valence-corrected chi connectivity index (χ1v) is 8.52. The molecule has 25 heavy (non-hydrogen) atoms. The maximum Gasteiger partial charge on any atom is 0.282 e. The Morgan fingerprint density at radius 2 is 1.84 bits per heavy atom. The van der Waals surface area contributed by atoms with Crippen LogP contribution in [0.3, 0.4) is 0 Å². The number of nitrogens with one attached hydrogen (secondary N) is 1. The van der Waals surface area contributed by atoms with E-state index in [1.807, 2.05) is 36.4 Å². The van der Waals surface area contributed by atoms with Crippen LogP contribution in [0.1, 0.15) is 32.9 Å². The molecular weight excluding hydrogens is 321 g/mol. The summed E-state index contributed by atoms with van der Waals surface area (Å²) in [4.78, 5) is 12.9. The fourth-order valence-electron chi connectivity index (χ4n) is 3.18. The summed E-state index contributed by atoms with van der Waals surface area (Å²) in [5.41, 5.74) is 7.08. The van der Waals surface area contributed by atoms with E-state index in [2.05, 4.69) is 5.43 Å². The van der Waals surface area contributed by atoms with E-state index in [4.69, 9.17) is 4.74 Å². The van der Waals surface area contributed by atoms with Gasteiger partial charge in [-0.15, -0.1) is 0 Å². The van der Waals surface area contributed by atoms with Crippen molar-refractivity contribution in [3.63, 3.8) is 0 Å². The van der Waals surface area contributed by atoms with Crippen molar-refractivity contribution in [2.75, 3.05) is 26.3 Å². The van der Waals surface area contributed by atoms with E-state index >= 15 is 0 Å². The zero-order valence-corrected chi connectivity index (χ0v) is 14.9. The van der Waals surface area contributed by atoms with Gasteiger partial charge in [-0.1, -0.05) is 18.2 Å². The Labute approximate surface area is 147 Å². The van der Waals surface area contributed by atoms with Crippen LogP contribution < -0.4 is 5.43 Å². The molecule has 1 fully saturated rings. The molecule has 1 aromatic heterocycles. The lowest BCUT2D eigenvalue weighted by Crippen LogP contribution is -2.48. The number of carbonyl (C=O) groups excluding carboxylic acids is 1. The van der Waals surface area contributed by atoms with E-state index in [1.165, 1.54) is 6.07 Å². The fourth-order valence-corrected chi connectivity index (χ4v) is 3.18. The Kier molecular flexibility index (Phi) is 5.20. The second-order valence-corrected chi connectivity index (χ2v) is 6.40. The molecule has 0 bridgehead atoms. The highest BCUT2D eigenvalue weighted by molar-refractivity contribution is 5.94. The van der Waals surface area contributed by atoms with Gasteiger partial charge >= 0.3 is 0 Å². The minimum atomic E-state index is -0.259. The molecule has 1 saturated heterocycles. The Hall–Kier alpha value is -2.18. The molecule has 1 aromatic carbocycles. The highest BCUT2D eigenvalue weighted by Gasteiger charge is 2.23. The highest BCUT2D eigenvalue weighted by atomic mass is 19.1. The number of hydrogen-bond acceptors (Lipinski definition) is 3. The number of nitrogens with zero attached hydrogens (tertiary/aromatic N) is 2. The molecule has 2 heterocycles. The van der Waals surface area contributed by atoms with Gasteiger partial charge in [0.2, 0.25) is 0 Å². The Morgan fingerprint density at radius 3 is 2.52 bits per heavy atom. The van der Waals surface area contributed by atoms with Crippen molar-refractivity contribution >= 4 is 5.91 Å². The Bertz CT molecular complexity index is 779. The number of rotatable bonds is 4. The quantitative estimate of drug-likeness (QED) is 0.926. The second-order valence-electron chi connectivity index (χ2n) is 6.40. The van der Waals surface area contributed by atoms with Crippen LogP contribution in [0.5, 0.6) is 0 Å². The Morgan fingerprint density at radius 1 is 1.16 bits per heavy atom. The van der Waals surface area contributed by atoms with Crippen LogP contribution in [0.25, 0.3) is 0 Å². The fraction of sp³-hybridized carbons (Fsp3) is 0.421. The molecule has 1 aliphatic heterocycles. The smallest absolute Gasteiger partial charge is 0.282 e. The van der Waals surface area contributed by atoms with Crippen molar-refractivity contribution in [3.8, 4) is 0 Å². The van der Waals surface area contributed by atoms with Gasteiger partial charge < -0.3 is 9.30 Å². The predicted octanol–water partition coefficient (Wildman–Crippen LogP) is 2.58. The number of morpholine rings is 1. The molecular formula is C19H24FN3O2. The number of benzene rings is 1. The minimum absolute atomic E-state index is 0.160. The van der Waals surface area contributed by atoms with E-state index in [-0.39, 0.29) is 11.7 Å². The van der Waals surface area contributed by atoms with E-state index in [0.717, 1.165) is 16.8 Å². The summed E-state index contributed by atoms with van der Waals surface area (Å²) in [6.45, 7) is 8.77. The first-order chi connectivity index (χ1) is 12.0. The summed E-state index contributed by atoms with van der Waals surface area (Å²) < 4.78 is 21.3. The SMILES string of the molecule is Cc1c(C)c(C(=O)NN2CCOCC2)n(Cc2ccccc2F)c1C. The number of amides is 1. The number of hydrazine groups is 1. The van der Waals surface area contributed by atoms with Crippen LogP contribution in [0, 0.1) is 26.6 Å². The molecule has 1 aliphatic rings. The molecule has 3 rings (SSSR count). The maximum absolute atomic E-state index is 14.1. The third kappa shape index (κ3) is 3.60. The average molecular weight is 345 g/mol. The van der Waals surface area contributed by atoms with E-state index in [1.54, 1.807) is 12.1 Å². The lowest BCUT2D eigenvalue weighted by molar-refractivity contribution is 0.0123. The average Bonchev–Trinajstić information content (AvgIpc) is 2.82. The normalized spacial score (nSPS) is 15.4. The summed E-state index contributed by atoms with van der Waals surface area (Å²) in [7, 11) is 0. The van der Waals surface area contributed by atoms with Crippen LogP contribution in [0.4, 0.5) is 4.39 Å². The molecule has 134 valence electrons. The molecule has 0 radical (unpaired) electrons. The van der Waals surface area contributed by atoms with E-state index in [9.17, 15) is 9.18 Å². The highest BCUT2D eigenvalue weighted by Crippen LogP contribution is 2.23. The predicted molar refractivity (Wildman–Crippen MR) is 94.0 cm³/mol. The first kappa shape index (κ1) is 17.6. The van der Waals surface area contributed by atoms with Gasteiger partial charge in [0.1, 0.15) is 11.5 Å². The summed E-state index contributed by atoms with van der Waals surface area (Å²) >= 11 is 0. The molecule has 0 atom stereocenters. The van der Waals surface area contributed by atoms with E-state index < -0.39 is 0 Å². The largest absolute Gasteiger partial charge is 0.379 e. The zero-order chi connectivity index (χ0) is 18.0. The molecule has 0 unspecified atom stereocenters. The third-order valence-corrected chi connectivity index (χ3v) is 4.91. The summed E-state index contributed by atoms with van der Waals surface area (Å²) in [6, 6.07) is 6.68. The number of aromatic nitrogens is 1. The van der Waals surface area contributed by atoms with Crippen LogP contribution >= 0.6 is 0 Å². The van der Waals surface area contributed by atoms with Crippen LogP contribution in [0.15, 0.2) is 24.3 Å². The lowest BCUT2D eigenvalue weighted by atomic mass is 10.1. The summed E-state index contributed by atoms with van der Waals surface area (Å²) in [6.07, 6.45) is 0. The van der Waals surface area contributed by atoms with Gasteiger partial charge in [-0.05, 0) is 38.0 Å². The number of hydrogen-bond donors (Lipinski definition) is 1. The van der Waals surface area contributed by atoms with Crippen LogP contribution in [0.2, 0.25) is 0 Å². The minimum Gasteiger partial charge on any atom is -0.379 e. The van der Waals surface area contributed by atoms with Gasteiger partial charge in [0.25, 0.3) is 5.91 Å². The molecule has 0 spiro atoms. The van der Waals surface area contributed by atoms with Crippen molar-refractivity contribution in [3.05, 3.63) is 58.2 Å². The van der Waals surface area contributed by atoms with Crippen molar-refractivity contribution in [1.82, 2.24) is 15.0 Å². The monoisotopic (exact) mass is 345 g/mol. The molecule has 0 saturated carbocycles. The molecule has 5 nitrogen and oxygen atoms in total. The zero-order valence-electron chi connectivity index (χ0n) is 14.9. The van der Waals surface area contributed by atoms with Gasteiger partial charge in [0.15, 0.2) is 0 Å². The molecule has 6 heteroatoms. The van der Waals surface area contributed by atoms with Gasteiger partial charge in [0.05, 0.1) is 19.8 Å². The van der Waals surface area contributed by atoms with E-state index in [0.29, 0.717) is 44.1 Å². The first-order valence-electron chi connectivity index (χ1n) is 8.52. The molecule has 1 amide bonds. The van der Waals surface area contributed by atoms with Crippen molar-refractivity contribution in [1.29, 1.82) is 0 Å². The van der Waals surface area contributed by atoms with Crippen LogP contribution in [-0.4, -0.2) is 41.8 Å². The van der Waals surface area contributed by atoms with Gasteiger partial charge in [-0.3, -0.25) is 10.2 Å². The maximum atomic E-state index is 14.1. The van der Waals surface area contributed by atoms with Crippen molar-refractivity contribution < 1.29 is 13.9 Å². The van der Waals surface area contributed by atoms with Gasteiger partial charge in [-0.2, -0.15) is 0 Å². The Balaban J connectivity index is 1.91. The lowest BCUT2D eigenvalue weighted by Gasteiger charge is -2.27. The number of ether oxygens (including phenoxy) is 1. The second kappa shape index (κ2) is 7.37. The van der Waals surface area contributed by atoms with Gasteiger partial charge in [0, 0.05) is 24.3 Å². The third-order valence-electron chi connectivity index (χ3n) is 4.91. The molecule has 2 aromatic rings. The number of carbonyl (C=O) groups is 1. The molecule has 1 N–H and O–H groups in total. The number of halogens is 1. The standard InChI is InChI=1S/C19H24FN3O2/c1-13-14(2)18(19(24)21-22-8-10-25-11-9-22)23(15(13)3)12-16-6-4-5-7-17(16)20/h4-7H,8-12H2,1-3H3,(H,21,24).